The zero-order chi connectivity index (χ0) is 39.4. The summed E-state index contributed by atoms with van der Waals surface area (Å²) >= 11 is 0. The van der Waals surface area contributed by atoms with Crippen molar-refractivity contribution in [1.82, 2.24) is 20.9 Å². The fourth-order valence-electron chi connectivity index (χ4n) is 7.19. The van der Waals surface area contributed by atoms with E-state index in [0.29, 0.717) is 26.2 Å². The highest BCUT2D eigenvalue weighted by atomic mass is 16.5. The number of ether oxygens (including phenoxy) is 1. The summed E-state index contributed by atoms with van der Waals surface area (Å²) in [6, 6.07) is 0. The van der Waals surface area contributed by atoms with Crippen LogP contribution in [-0.2, 0) is 19.1 Å². The van der Waals surface area contributed by atoms with Crippen molar-refractivity contribution in [1.29, 1.82) is 0 Å². The molecule has 0 aromatic carbocycles. The largest absolute Gasteiger partial charge is 0.465 e. The van der Waals surface area contributed by atoms with Crippen LogP contribution in [0.15, 0.2) is 0 Å². The van der Waals surface area contributed by atoms with Crippen LogP contribution in [0, 0.1) is 0 Å². The fraction of sp³-hybridized carbons (Fsp3) is 0.935. The Balaban J connectivity index is 4.17. The molecule has 0 aliphatic carbocycles. The van der Waals surface area contributed by atoms with Gasteiger partial charge in [0, 0.05) is 26.2 Å². The minimum absolute atomic E-state index is 0.115. The van der Waals surface area contributed by atoms with Crippen molar-refractivity contribution >= 4 is 17.8 Å². The molecule has 0 saturated heterocycles. The third-order valence-corrected chi connectivity index (χ3v) is 10.7. The van der Waals surface area contributed by atoms with Crippen LogP contribution in [0.1, 0.15) is 226 Å². The summed E-state index contributed by atoms with van der Waals surface area (Å²) in [5, 5.41) is 8.87. The van der Waals surface area contributed by atoms with Crippen LogP contribution in [0.4, 0.5) is 0 Å². The van der Waals surface area contributed by atoms with Crippen molar-refractivity contribution in [2.24, 2.45) is 0 Å². The lowest BCUT2D eigenvalue weighted by molar-refractivity contribution is -0.143. The zero-order valence-electron chi connectivity index (χ0n) is 36.4. The zero-order valence-corrected chi connectivity index (χ0v) is 36.4. The summed E-state index contributed by atoms with van der Waals surface area (Å²) in [6.45, 7) is 9.83. The van der Waals surface area contributed by atoms with E-state index in [1.165, 1.54) is 193 Å². The average Bonchev–Trinajstić information content (AvgIpc) is 3.17. The van der Waals surface area contributed by atoms with Crippen LogP contribution in [0.5, 0.6) is 0 Å². The van der Waals surface area contributed by atoms with E-state index in [-0.39, 0.29) is 24.9 Å². The highest BCUT2D eigenvalue weighted by Crippen LogP contribution is 2.16. The van der Waals surface area contributed by atoms with Gasteiger partial charge in [-0.15, -0.1) is 0 Å². The van der Waals surface area contributed by atoms with Crippen molar-refractivity contribution in [3.63, 3.8) is 0 Å². The van der Waals surface area contributed by atoms with Crippen molar-refractivity contribution in [3.05, 3.63) is 0 Å². The van der Waals surface area contributed by atoms with Crippen LogP contribution in [0.2, 0.25) is 0 Å². The predicted molar refractivity (Wildman–Crippen MR) is 231 cm³/mol. The summed E-state index contributed by atoms with van der Waals surface area (Å²) in [7, 11) is 0. The fourth-order valence-corrected chi connectivity index (χ4v) is 7.19. The lowest BCUT2D eigenvalue weighted by Gasteiger charge is -2.23. The number of carbonyl (C=O) groups excluding carboxylic acids is 3. The predicted octanol–water partition coefficient (Wildman–Crippen LogP) is 11.2. The van der Waals surface area contributed by atoms with E-state index in [9.17, 15) is 14.4 Å². The number of esters is 1. The van der Waals surface area contributed by atoms with Crippen molar-refractivity contribution in [2.75, 3.05) is 52.4 Å². The first-order chi connectivity index (χ1) is 26.5. The molecule has 0 aromatic heterocycles. The van der Waals surface area contributed by atoms with Crippen LogP contribution in [0.3, 0.4) is 0 Å². The lowest BCUT2D eigenvalue weighted by Crippen LogP contribution is -2.42. The van der Waals surface area contributed by atoms with Gasteiger partial charge >= 0.3 is 5.97 Å². The van der Waals surface area contributed by atoms with Gasteiger partial charge in [0.15, 0.2) is 0 Å². The molecule has 8 nitrogen and oxygen atoms in total. The number of carbonyl (C=O) groups is 3. The van der Waals surface area contributed by atoms with Crippen LogP contribution in [0.25, 0.3) is 0 Å². The number of nitrogens with one attached hydrogen (secondary N) is 3. The van der Waals surface area contributed by atoms with E-state index in [1.807, 2.05) is 0 Å². The van der Waals surface area contributed by atoms with Crippen LogP contribution < -0.4 is 16.0 Å². The highest BCUT2D eigenvalue weighted by molar-refractivity contribution is 5.83. The monoisotopic (exact) mass is 765 g/mol. The Morgan fingerprint density at radius 3 is 1.06 bits per heavy atom. The average molecular weight is 765 g/mol. The smallest absolute Gasteiger partial charge is 0.325 e. The van der Waals surface area contributed by atoms with E-state index in [4.69, 9.17) is 4.74 Å². The van der Waals surface area contributed by atoms with Gasteiger partial charge in [0.1, 0.15) is 6.54 Å². The normalized spacial score (nSPS) is 11.2. The third kappa shape index (κ3) is 40.0. The summed E-state index contributed by atoms with van der Waals surface area (Å²) in [5.41, 5.74) is 0. The first-order valence-electron chi connectivity index (χ1n) is 23.7. The molecule has 0 fully saturated rings. The number of hydrogen-bond acceptors (Lipinski definition) is 6. The second-order valence-corrected chi connectivity index (χ2v) is 15.9. The number of amides is 2. The number of nitrogens with zero attached hydrogens (tertiary/aromatic N) is 1. The molecule has 0 unspecified atom stereocenters. The maximum Gasteiger partial charge on any atom is 0.325 e. The van der Waals surface area contributed by atoms with Gasteiger partial charge in [0.05, 0.1) is 19.7 Å². The topological polar surface area (TPSA) is 99.8 Å². The molecule has 0 aliphatic heterocycles. The Morgan fingerprint density at radius 2 is 0.722 bits per heavy atom. The molecule has 0 heterocycles. The Bertz CT molecular complexity index is 776. The van der Waals surface area contributed by atoms with E-state index >= 15 is 0 Å². The summed E-state index contributed by atoms with van der Waals surface area (Å²) in [6.07, 6.45) is 43.4. The maximum atomic E-state index is 13.2. The Hall–Kier alpha value is -1.67. The third-order valence-electron chi connectivity index (χ3n) is 10.7. The van der Waals surface area contributed by atoms with Gasteiger partial charge in [-0.1, -0.05) is 206 Å². The van der Waals surface area contributed by atoms with E-state index < -0.39 is 5.97 Å². The summed E-state index contributed by atoms with van der Waals surface area (Å²) < 4.78 is 4.82. The molecule has 8 heteroatoms. The maximum absolute atomic E-state index is 13.2. The molecule has 0 atom stereocenters. The first kappa shape index (κ1) is 52.3. The lowest BCUT2D eigenvalue weighted by atomic mass is 10.0. The Morgan fingerprint density at radius 1 is 0.407 bits per heavy atom. The molecular formula is C46H92N4O4. The van der Waals surface area contributed by atoms with Gasteiger partial charge in [-0.05, 0) is 19.8 Å². The molecule has 0 aromatic rings. The van der Waals surface area contributed by atoms with Crippen molar-refractivity contribution < 1.29 is 19.1 Å². The molecule has 2 amide bonds. The Kier molecular flexibility index (Phi) is 42.7. The highest BCUT2D eigenvalue weighted by Gasteiger charge is 2.13. The van der Waals surface area contributed by atoms with Gasteiger partial charge in [0.2, 0.25) is 11.8 Å². The van der Waals surface area contributed by atoms with E-state index in [2.05, 4.69) is 34.7 Å². The van der Waals surface area contributed by atoms with Gasteiger partial charge < -0.3 is 25.6 Å². The van der Waals surface area contributed by atoms with E-state index in [0.717, 1.165) is 25.9 Å². The molecule has 320 valence electrons. The first-order valence-corrected chi connectivity index (χ1v) is 23.7. The number of rotatable bonds is 44. The minimum atomic E-state index is -0.435. The van der Waals surface area contributed by atoms with Crippen molar-refractivity contribution in [2.45, 2.75) is 226 Å². The van der Waals surface area contributed by atoms with E-state index in [1.54, 1.807) is 6.92 Å². The van der Waals surface area contributed by atoms with Gasteiger partial charge in [-0.25, -0.2) is 0 Å². The molecule has 0 rings (SSSR count). The standard InChI is InChI=1S/C46H92N4O4/c1-4-7-9-11-13-15-17-19-21-23-25-27-29-31-33-35-39-50(45(52)42-48-38-37-47-41-44(51)49-43-46(53)54-6-3)40-36-34-32-30-28-26-24-22-20-18-16-14-12-10-8-5-2/h47-48H,4-43H2,1-3H3,(H,49,51). The molecule has 0 spiro atoms. The SMILES string of the molecule is CCCCCCCCCCCCCCCCCCN(CCCCCCCCCCCCCCCCCC)C(=O)CNCCNCC(=O)NCC(=O)OCC. The molecular weight excluding hydrogens is 673 g/mol. The van der Waals surface area contributed by atoms with Gasteiger partial charge in [-0.3, -0.25) is 14.4 Å². The molecule has 0 radical (unpaired) electrons. The quantitative estimate of drug-likeness (QED) is 0.0422. The number of hydrogen-bond donors (Lipinski definition) is 3. The summed E-state index contributed by atoms with van der Waals surface area (Å²) in [5.74, 6) is -0.498. The number of unbranched alkanes of at least 4 members (excludes halogenated alkanes) is 30. The molecule has 0 aliphatic rings. The van der Waals surface area contributed by atoms with Gasteiger partial charge in [0.25, 0.3) is 0 Å². The van der Waals surface area contributed by atoms with Crippen LogP contribution >= 0.6 is 0 Å². The van der Waals surface area contributed by atoms with Crippen LogP contribution in [-0.4, -0.2) is 75.1 Å². The van der Waals surface area contributed by atoms with Gasteiger partial charge in [-0.2, -0.15) is 0 Å². The van der Waals surface area contributed by atoms with Crippen molar-refractivity contribution in [3.8, 4) is 0 Å². The molecule has 0 bridgehead atoms. The molecule has 3 N–H and O–H groups in total. The Labute approximate surface area is 335 Å². The minimum Gasteiger partial charge on any atom is -0.465 e. The molecule has 54 heavy (non-hydrogen) atoms. The second kappa shape index (κ2) is 44.0. The molecule has 0 saturated carbocycles. The summed E-state index contributed by atoms with van der Waals surface area (Å²) in [4.78, 5) is 38.6. The second-order valence-electron chi connectivity index (χ2n) is 15.9.